The minimum Gasteiger partial charge on any atom is -0.506 e. The molecule has 4 rings (SSSR count). The molecule has 8 nitrogen and oxygen atoms in total. The first-order valence-corrected chi connectivity index (χ1v) is 8.09. The van der Waals surface area contributed by atoms with Crippen molar-refractivity contribution in [3.05, 3.63) is 52.7 Å². The summed E-state index contributed by atoms with van der Waals surface area (Å²) in [4.78, 5) is 19.6. The molecule has 26 heavy (non-hydrogen) atoms. The van der Waals surface area contributed by atoms with Crippen LogP contribution in [-0.2, 0) is 5.41 Å². The van der Waals surface area contributed by atoms with Crippen LogP contribution in [0.2, 0.25) is 0 Å². The van der Waals surface area contributed by atoms with Gasteiger partial charge >= 0.3 is 0 Å². The lowest BCUT2D eigenvalue weighted by Gasteiger charge is -2.10. The van der Waals surface area contributed by atoms with E-state index < -0.39 is 5.56 Å². The van der Waals surface area contributed by atoms with Crippen LogP contribution in [0, 0.1) is 0 Å². The monoisotopic (exact) mass is 351 g/mol. The minimum atomic E-state index is -0.531. The number of aromatic nitrogens is 5. The lowest BCUT2D eigenvalue weighted by molar-refractivity contribution is 0.399. The van der Waals surface area contributed by atoms with Gasteiger partial charge in [-0.3, -0.25) is 4.79 Å². The third kappa shape index (κ3) is 2.46. The number of nitrogens with one attached hydrogen (secondary N) is 1. The highest BCUT2D eigenvalue weighted by Crippen LogP contribution is 2.32. The first-order valence-electron chi connectivity index (χ1n) is 8.09. The van der Waals surface area contributed by atoms with Crippen LogP contribution >= 0.6 is 0 Å². The highest BCUT2D eigenvalue weighted by atomic mass is 16.5. The number of rotatable bonds is 2. The van der Waals surface area contributed by atoms with Crippen LogP contribution in [0.5, 0.6) is 5.75 Å². The molecule has 0 saturated carbocycles. The number of para-hydroxylation sites is 1. The van der Waals surface area contributed by atoms with Crippen molar-refractivity contribution in [1.29, 1.82) is 0 Å². The van der Waals surface area contributed by atoms with Gasteiger partial charge < -0.3 is 14.6 Å². The van der Waals surface area contributed by atoms with Crippen LogP contribution in [0.25, 0.3) is 28.2 Å². The van der Waals surface area contributed by atoms with Gasteiger partial charge in [-0.1, -0.05) is 44.1 Å². The molecule has 0 aliphatic rings. The van der Waals surface area contributed by atoms with Gasteiger partial charge in [0, 0.05) is 5.41 Å². The molecule has 0 amide bonds. The van der Waals surface area contributed by atoms with Crippen LogP contribution in [0.15, 0.2) is 45.8 Å². The molecule has 4 aromatic rings. The first kappa shape index (κ1) is 16.1. The van der Waals surface area contributed by atoms with Crippen LogP contribution < -0.4 is 5.56 Å². The average molecular weight is 351 g/mol. The maximum atomic E-state index is 12.6. The molecule has 8 heteroatoms. The Morgan fingerprint density at radius 2 is 1.92 bits per heavy atom. The number of pyridine rings is 1. The predicted octanol–water partition coefficient (Wildman–Crippen LogP) is 2.77. The smallest absolute Gasteiger partial charge is 0.267 e. The number of fused-ring (bicyclic) bond motifs is 1. The molecule has 3 aromatic heterocycles. The van der Waals surface area contributed by atoms with E-state index in [-0.39, 0.29) is 22.6 Å². The second-order valence-corrected chi connectivity index (χ2v) is 7.01. The maximum Gasteiger partial charge on any atom is 0.267 e. The fraction of sp³-hybridized carbons (Fsp3) is 0.222. The van der Waals surface area contributed by atoms with Gasteiger partial charge in [0.2, 0.25) is 0 Å². The summed E-state index contributed by atoms with van der Waals surface area (Å²) in [6.07, 6.45) is 1.48. The average Bonchev–Trinajstić information content (AvgIpc) is 3.22. The molecule has 2 N–H and O–H groups in total. The Morgan fingerprint density at radius 1 is 1.19 bits per heavy atom. The van der Waals surface area contributed by atoms with E-state index in [1.165, 1.54) is 6.20 Å². The van der Waals surface area contributed by atoms with Crippen molar-refractivity contribution in [2.45, 2.75) is 26.2 Å². The summed E-state index contributed by atoms with van der Waals surface area (Å²) in [5, 5.41) is 19.2. The van der Waals surface area contributed by atoms with Gasteiger partial charge in [-0.2, -0.15) is 10.1 Å². The standard InChI is InChI=1S/C18H17N5O3/c1-18(2,3)17-21-16(26-22-17)12-13(24)11-9-19-23(14(11)20-15(12)25)10-7-5-4-6-8-10/h4-9H,1-3H3,(H2,20,24,25). The maximum absolute atomic E-state index is 12.6. The minimum absolute atomic E-state index is 0.0250. The molecule has 0 spiro atoms. The Balaban J connectivity index is 1.91. The van der Waals surface area contributed by atoms with Gasteiger partial charge in [0.1, 0.15) is 17.0 Å². The zero-order valence-corrected chi connectivity index (χ0v) is 14.5. The molecule has 0 fully saturated rings. The Hall–Kier alpha value is -3.42. The SMILES string of the molecule is CC(C)(C)c1noc(-c2c(O)c3cnn(-c4ccccc4)c3[nH]c2=O)n1. The Bertz CT molecular complexity index is 1150. The number of aromatic hydroxyl groups is 1. The molecule has 0 aliphatic heterocycles. The lowest BCUT2D eigenvalue weighted by atomic mass is 9.96. The van der Waals surface area contributed by atoms with E-state index in [0.29, 0.717) is 16.9 Å². The summed E-state index contributed by atoms with van der Waals surface area (Å²) in [5.74, 6) is 0.185. The van der Waals surface area contributed by atoms with Crippen molar-refractivity contribution >= 4 is 11.0 Å². The highest BCUT2D eigenvalue weighted by molar-refractivity contribution is 5.88. The highest BCUT2D eigenvalue weighted by Gasteiger charge is 2.26. The van der Waals surface area contributed by atoms with Crippen molar-refractivity contribution in [3.63, 3.8) is 0 Å². The second kappa shape index (κ2) is 5.55. The van der Waals surface area contributed by atoms with Gasteiger partial charge in [-0.25, -0.2) is 4.68 Å². The number of hydrogen-bond donors (Lipinski definition) is 2. The fourth-order valence-corrected chi connectivity index (χ4v) is 2.65. The van der Waals surface area contributed by atoms with E-state index in [2.05, 4.69) is 20.2 Å². The van der Waals surface area contributed by atoms with Crippen LogP contribution in [0.1, 0.15) is 26.6 Å². The summed E-state index contributed by atoms with van der Waals surface area (Å²) in [7, 11) is 0. The number of hydrogen-bond acceptors (Lipinski definition) is 6. The van der Waals surface area contributed by atoms with Crippen molar-refractivity contribution in [3.8, 4) is 22.9 Å². The Morgan fingerprint density at radius 3 is 2.58 bits per heavy atom. The normalized spacial score (nSPS) is 12.0. The van der Waals surface area contributed by atoms with Crippen LogP contribution in [0.3, 0.4) is 0 Å². The fourth-order valence-electron chi connectivity index (χ4n) is 2.65. The Labute approximate surface area is 148 Å². The lowest BCUT2D eigenvalue weighted by Crippen LogP contribution is -2.14. The topological polar surface area (TPSA) is 110 Å². The van der Waals surface area contributed by atoms with E-state index in [1.54, 1.807) is 4.68 Å². The van der Waals surface area contributed by atoms with E-state index in [0.717, 1.165) is 5.69 Å². The number of nitrogens with zero attached hydrogens (tertiary/aromatic N) is 4. The van der Waals surface area contributed by atoms with Crippen molar-refractivity contribution in [2.75, 3.05) is 0 Å². The molecule has 0 radical (unpaired) electrons. The number of H-pyrrole nitrogens is 1. The number of benzene rings is 1. The molecular formula is C18H17N5O3. The largest absolute Gasteiger partial charge is 0.506 e. The molecule has 0 atom stereocenters. The van der Waals surface area contributed by atoms with E-state index in [1.807, 2.05) is 51.1 Å². The van der Waals surface area contributed by atoms with Crippen molar-refractivity contribution in [2.24, 2.45) is 0 Å². The van der Waals surface area contributed by atoms with Gasteiger partial charge in [-0.05, 0) is 12.1 Å². The van der Waals surface area contributed by atoms with Crippen molar-refractivity contribution < 1.29 is 9.63 Å². The molecule has 0 saturated heterocycles. The summed E-state index contributed by atoms with van der Waals surface area (Å²) in [5.41, 5.74) is 0.216. The quantitative estimate of drug-likeness (QED) is 0.575. The zero-order valence-electron chi connectivity index (χ0n) is 14.5. The van der Waals surface area contributed by atoms with Gasteiger partial charge in [0.25, 0.3) is 11.4 Å². The second-order valence-electron chi connectivity index (χ2n) is 7.01. The molecule has 3 heterocycles. The van der Waals surface area contributed by atoms with Crippen LogP contribution in [0.4, 0.5) is 0 Å². The van der Waals surface area contributed by atoms with Gasteiger partial charge in [0.05, 0.1) is 17.3 Å². The summed E-state index contributed by atoms with van der Waals surface area (Å²) >= 11 is 0. The first-order chi connectivity index (χ1) is 12.4. The van der Waals surface area contributed by atoms with E-state index in [9.17, 15) is 9.90 Å². The third-order valence-electron chi connectivity index (χ3n) is 4.03. The van der Waals surface area contributed by atoms with Crippen LogP contribution in [-0.4, -0.2) is 30.0 Å². The molecule has 0 aliphatic carbocycles. The summed E-state index contributed by atoms with van der Waals surface area (Å²) in [6, 6.07) is 9.31. The van der Waals surface area contributed by atoms with Gasteiger partial charge in [0.15, 0.2) is 5.82 Å². The van der Waals surface area contributed by atoms with Gasteiger partial charge in [-0.15, -0.1) is 0 Å². The zero-order chi connectivity index (χ0) is 18.5. The molecular weight excluding hydrogens is 334 g/mol. The molecule has 0 unspecified atom stereocenters. The summed E-state index contributed by atoms with van der Waals surface area (Å²) < 4.78 is 6.76. The molecule has 1 aromatic carbocycles. The predicted molar refractivity (Wildman–Crippen MR) is 95.3 cm³/mol. The summed E-state index contributed by atoms with van der Waals surface area (Å²) in [6.45, 7) is 5.79. The number of aromatic amines is 1. The Kier molecular flexibility index (Phi) is 3.43. The van der Waals surface area contributed by atoms with Crippen molar-refractivity contribution in [1.82, 2.24) is 24.9 Å². The molecule has 132 valence electrons. The molecule has 0 bridgehead atoms. The van der Waals surface area contributed by atoms with E-state index >= 15 is 0 Å². The van der Waals surface area contributed by atoms with E-state index in [4.69, 9.17) is 4.52 Å². The third-order valence-corrected chi connectivity index (χ3v) is 4.03.